The number of carbonyl (C=O) groups is 1. The molecule has 208 valence electrons. The van der Waals surface area contributed by atoms with Crippen molar-refractivity contribution in [3.05, 3.63) is 88.5 Å². The van der Waals surface area contributed by atoms with Crippen LogP contribution in [0.1, 0.15) is 35.9 Å². The lowest BCUT2D eigenvalue weighted by Crippen LogP contribution is -2.29. The van der Waals surface area contributed by atoms with E-state index in [1.54, 1.807) is 54.6 Å². The van der Waals surface area contributed by atoms with Crippen LogP contribution in [-0.2, 0) is 16.3 Å². The number of ether oxygens (including phenoxy) is 2. The molecule has 1 aromatic heterocycles. The number of amides is 1. The number of methoxy groups -OCH3 is 2. The molecule has 3 aromatic carbocycles. The van der Waals surface area contributed by atoms with Crippen molar-refractivity contribution in [2.75, 3.05) is 14.2 Å². The molecule has 0 aliphatic rings. The molecule has 0 fully saturated rings. The lowest BCUT2D eigenvalue weighted by atomic mass is 10.0. The number of sulfone groups is 1. The molecule has 3 N–H and O–H groups in total. The number of aromatic nitrogens is 2. The highest BCUT2D eigenvalue weighted by atomic mass is 32.2. The number of para-hydroxylation sites is 1. The summed E-state index contributed by atoms with van der Waals surface area (Å²) in [5.74, 6) is -0.741. The first-order chi connectivity index (χ1) is 19.1. The summed E-state index contributed by atoms with van der Waals surface area (Å²) in [6, 6.07) is 17.2. The molecule has 0 aliphatic heterocycles. The van der Waals surface area contributed by atoms with Gasteiger partial charge in [0.05, 0.1) is 19.1 Å². The van der Waals surface area contributed by atoms with E-state index < -0.39 is 32.1 Å². The van der Waals surface area contributed by atoms with Gasteiger partial charge in [-0.3, -0.25) is 14.2 Å². The summed E-state index contributed by atoms with van der Waals surface area (Å²) in [6.45, 7) is 1.96. The van der Waals surface area contributed by atoms with Crippen LogP contribution in [0.25, 0.3) is 16.8 Å². The third-order valence-corrected chi connectivity index (χ3v) is 8.20. The number of aryl methyl sites for hydroxylation is 1. The van der Waals surface area contributed by atoms with E-state index in [-0.39, 0.29) is 27.9 Å². The second-order valence-corrected chi connectivity index (χ2v) is 10.8. The molecule has 0 bridgehead atoms. The first kappa shape index (κ1) is 28.4. The second-order valence-electron chi connectivity index (χ2n) is 8.91. The molecule has 0 unspecified atom stereocenters. The average Bonchev–Trinajstić information content (AvgIpc) is 2.95. The van der Waals surface area contributed by atoms with Crippen molar-refractivity contribution in [2.24, 2.45) is 5.73 Å². The Balaban J connectivity index is 1.87. The van der Waals surface area contributed by atoms with Crippen LogP contribution in [0.15, 0.2) is 81.3 Å². The number of unbranched alkanes of at least 4 members (excludes halogenated alkanes) is 1. The van der Waals surface area contributed by atoms with Crippen LogP contribution >= 0.6 is 0 Å². The Kier molecular flexibility index (Phi) is 8.24. The zero-order chi connectivity index (χ0) is 29.0. The Labute approximate surface area is 231 Å². The third kappa shape index (κ3) is 5.28. The van der Waals surface area contributed by atoms with E-state index in [2.05, 4.69) is 4.98 Å². The summed E-state index contributed by atoms with van der Waals surface area (Å²) >= 11 is 0. The maximum atomic E-state index is 13.9. The number of carbonyl (C=O) groups excluding carboxylic acids is 1. The molecule has 11 heteroatoms. The molecule has 0 saturated heterocycles. The van der Waals surface area contributed by atoms with Crippen molar-refractivity contribution in [1.82, 2.24) is 9.55 Å². The summed E-state index contributed by atoms with van der Waals surface area (Å²) in [6.07, 6.45) is 1.71. The zero-order valence-electron chi connectivity index (χ0n) is 22.2. The van der Waals surface area contributed by atoms with Gasteiger partial charge in [0.2, 0.25) is 21.6 Å². The van der Waals surface area contributed by atoms with Gasteiger partial charge in [-0.25, -0.2) is 8.42 Å². The maximum absolute atomic E-state index is 13.9. The molecule has 0 spiro atoms. The summed E-state index contributed by atoms with van der Waals surface area (Å²) in [5, 5.41) is 10.8. The second kappa shape index (κ2) is 11.6. The van der Waals surface area contributed by atoms with Crippen molar-refractivity contribution in [1.29, 1.82) is 0 Å². The minimum atomic E-state index is -4.51. The molecule has 0 aliphatic carbocycles. The number of hydrogen-bond acceptors (Lipinski definition) is 8. The van der Waals surface area contributed by atoms with Crippen LogP contribution in [0.5, 0.6) is 17.4 Å². The predicted octanol–water partition coefficient (Wildman–Crippen LogP) is 3.90. The van der Waals surface area contributed by atoms with Gasteiger partial charge >= 0.3 is 0 Å². The van der Waals surface area contributed by atoms with E-state index in [0.717, 1.165) is 16.6 Å². The minimum Gasteiger partial charge on any atom is -0.494 e. The standard InChI is InChI=1S/C29H29N3O7S/c1-4-5-9-24-31-28(34)26(29(35)32(24)25-22(38-2)7-6-8-23(25)39-3)40(36,37)21-16-14-19(15-17-21)18-10-12-20(13-11-18)27(30)33/h6-8,10-17,34H,4-5,9H2,1-3H3,(H2,30,33). The van der Waals surface area contributed by atoms with Crippen LogP contribution in [0.3, 0.4) is 0 Å². The van der Waals surface area contributed by atoms with Crippen LogP contribution in [0, 0.1) is 0 Å². The van der Waals surface area contributed by atoms with Gasteiger partial charge in [-0.15, -0.1) is 0 Å². The lowest BCUT2D eigenvalue weighted by molar-refractivity contribution is 0.1000. The summed E-state index contributed by atoms with van der Waals surface area (Å²) in [7, 11) is -1.67. The molecule has 0 radical (unpaired) electrons. The number of primary amides is 1. The highest BCUT2D eigenvalue weighted by Crippen LogP contribution is 2.34. The molecule has 1 heterocycles. The van der Waals surface area contributed by atoms with E-state index in [1.165, 1.54) is 26.4 Å². The monoisotopic (exact) mass is 563 g/mol. The number of nitrogens with two attached hydrogens (primary N) is 1. The number of hydrogen-bond donors (Lipinski definition) is 2. The van der Waals surface area contributed by atoms with Crippen molar-refractivity contribution in [3.63, 3.8) is 0 Å². The highest BCUT2D eigenvalue weighted by molar-refractivity contribution is 7.91. The van der Waals surface area contributed by atoms with Gasteiger partial charge in [0, 0.05) is 12.0 Å². The number of benzene rings is 3. The first-order valence-electron chi connectivity index (χ1n) is 12.5. The van der Waals surface area contributed by atoms with E-state index in [1.807, 2.05) is 6.92 Å². The third-order valence-electron chi connectivity index (χ3n) is 6.41. The Bertz CT molecular complexity index is 1690. The average molecular weight is 564 g/mol. The molecule has 0 atom stereocenters. The lowest BCUT2D eigenvalue weighted by Gasteiger charge is -2.19. The van der Waals surface area contributed by atoms with Gasteiger partial charge in [-0.1, -0.05) is 43.7 Å². The maximum Gasteiger partial charge on any atom is 0.281 e. The number of nitrogens with zero attached hydrogens (tertiary/aromatic N) is 2. The van der Waals surface area contributed by atoms with Crippen LogP contribution in [-0.4, -0.2) is 43.2 Å². The SMILES string of the molecule is CCCCc1nc(O)c(S(=O)(=O)c2ccc(-c3ccc(C(N)=O)cc3)cc2)c(=O)n1-c1c(OC)cccc1OC. The first-order valence-corrected chi connectivity index (χ1v) is 13.9. The molecule has 40 heavy (non-hydrogen) atoms. The Morgan fingerprint density at radius 2 is 1.50 bits per heavy atom. The quantitative estimate of drug-likeness (QED) is 0.295. The van der Waals surface area contributed by atoms with Crippen LogP contribution < -0.4 is 20.8 Å². The van der Waals surface area contributed by atoms with Crippen LogP contribution in [0.4, 0.5) is 0 Å². The molecule has 1 amide bonds. The fourth-order valence-electron chi connectivity index (χ4n) is 4.33. The molecule has 4 aromatic rings. The van der Waals surface area contributed by atoms with Crippen molar-refractivity contribution < 1.29 is 27.8 Å². The highest BCUT2D eigenvalue weighted by Gasteiger charge is 2.31. The van der Waals surface area contributed by atoms with Gasteiger partial charge in [0.25, 0.3) is 5.56 Å². The Morgan fingerprint density at radius 1 is 0.950 bits per heavy atom. The fraction of sp³-hybridized carbons (Fsp3) is 0.207. The molecule has 0 saturated carbocycles. The normalized spacial score (nSPS) is 11.3. The van der Waals surface area contributed by atoms with Gasteiger partial charge in [-0.05, 0) is 53.9 Å². The molecule has 4 rings (SSSR count). The van der Waals surface area contributed by atoms with Gasteiger partial charge in [-0.2, -0.15) is 4.98 Å². The van der Waals surface area contributed by atoms with Gasteiger partial charge < -0.3 is 20.3 Å². The summed E-state index contributed by atoms with van der Waals surface area (Å²) < 4.78 is 39.5. The molecular formula is C29H29N3O7S. The number of rotatable bonds is 10. The predicted molar refractivity (Wildman–Crippen MR) is 149 cm³/mol. The number of aromatic hydroxyl groups is 1. The van der Waals surface area contributed by atoms with Gasteiger partial charge in [0.1, 0.15) is 23.0 Å². The van der Waals surface area contributed by atoms with E-state index in [4.69, 9.17) is 15.2 Å². The van der Waals surface area contributed by atoms with E-state index in [0.29, 0.717) is 24.0 Å². The summed E-state index contributed by atoms with van der Waals surface area (Å²) in [4.78, 5) is 28.4. The molecule has 10 nitrogen and oxygen atoms in total. The van der Waals surface area contributed by atoms with Crippen molar-refractivity contribution in [3.8, 4) is 34.2 Å². The van der Waals surface area contributed by atoms with Crippen molar-refractivity contribution >= 4 is 15.7 Å². The fourth-order valence-corrected chi connectivity index (χ4v) is 5.67. The largest absolute Gasteiger partial charge is 0.494 e. The topological polar surface area (TPSA) is 151 Å². The van der Waals surface area contributed by atoms with E-state index >= 15 is 0 Å². The summed E-state index contributed by atoms with van der Waals surface area (Å²) in [5.41, 5.74) is 6.23. The minimum absolute atomic E-state index is 0.167. The smallest absolute Gasteiger partial charge is 0.281 e. The van der Waals surface area contributed by atoms with E-state index in [9.17, 15) is 23.1 Å². The zero-order valence-corrected chi connectivity index (χ0v) is 23.1. The Morgan fingerprint density at radius 3 is 2.00 bits per heavy atom. The Hall–Kier alpha value is -4.64. The van der Waals surface area contributed by atoms with Crippen LogP contribution in [0.2, 0.25) is 0 Å². The van der Waals surface area contributed by atoms with Gasteiger partial charge in [0.15, 0.2) is 4.90 Å². The molecular weight excluding hydrogens is 534 g/mol. The van der Waals surface area contributed by atoms with Crippen molar-refractivity contribution in [2.45, 2.75) is 36.0 Å².